The summed E-state index contributed by atoms with van der Waals surface area (Å²) < 4.78 is 14.6. The fourth-order valence-electron chi connectivity index (χ4n) is 2.27. The van der Waals surface area contributed by atoms with Crippen LogP contribution < -0.4 is 5.73 Å². The van der Waals surface area contributed by atoms with Crippen LogP contribution in [-0.4, -0.2) is 0 Å². The molecule has 2 N–H and O–H groups in total. The molecule has 21 heavy (non-hydrogen) atoms. The molecule has 2 aromatic carbocycles. The quantitative estimate of drug-likeness (QED) is 0.816. The average molecular weight is 350 g/mol. The van der Waals surface area contributed by atoms with Crippen molar-refractivity contribution >= 4 is 15.9 Å². The van der Waals surface area contributed by atoms with Gasteiger partial charge in [-0.1, -0.05) is 67.0 Å². The van der Waals surface area contributed by atoms with E-state index in [2.05, 4.69) is 48.8 Å². The van der Waals surface area contributed by atoms with E-state index in [1.807, 2.05) is 18.2 Å². The summed E-state index contributed by atoms with van der Waals surface area (Å²) in [6.07, 6.45) is 0.494. The van der Waals surface area contributed by atoms with Gasteiger partial charge >= 0.3 is 0 Å². The first-order valence-electron chi connectivity index (χ1n) is 7.07. The van der Waals surface area contributed by atoms with Gasteiger partial charge in [-0.15, -0.1) is 0 Å². The summed E-state index contributed by atoms with van der Waals surface area (Å²) >= 11 is 3.26. The molecule has 0 saturated heterocycles. The Bertz CT molecular complexity index is 614. The van der Waals surface area contributed by atoms with Gasteiger partial charge in [0.25, 0.3) is 0 Å². The van der Waals surface area contributed by atoms with Gasteiger partial charge in [0.05, 0.1) is 0 Å². The standard InChI is InChI=1S/C18H21BrFN/c1-18(2,3)14-7-4-12(5-8-14)17(21)10-13-6-9-15(19)11-16(13)20/h4-9,11,17H,10,21H2,1-3H3. The highest BCUT2D eigenvalue weighted by molar-refractivity contribution is 9.10. The molecule has 112 valence electrons. The first kappa shape index (κ1) is 16.2. The Labute approximate surface area is 134 Å². The molecule has 3 heteroatoms. The Kier molecular flexibility index (Phi) is 4.84. The summed E-state index contributed by atoms with van der Waals surface area (Å²) in [6.45, 7) is 6.54. The normalized spacial score (nSPS) is 13.2. The van der Waals surface area contributed by atoms with Crippen molar-refractivity contribution < 1.29 is 4.39 Å². The fraction of sp³-hybridized carbons (Fsp3) is 0.333. The Morgan fingerprint density at radius 1 is 1.10 bits per heavy atom. The van der Waals surface area contributed by atoms with Crippen LogP contribution in [0.2, 0.25) is 0 Å². The van der Waals surface area contributed by atoms with E-state index in [-0.39, 0.29) is 17.3 Å². The summed E-state index contributed by atoms with van der Waals surface area (Å²) in [6, 6.07) is 13.2. The van der Waals surface area contributed by atoms with E-state index < -0.39 is 0 Å². The molecule has 0 amide bonds. The summed E-state index contributed by atoms with van der Waals surface area (Å²) in [4.78, 5) is 0. The first-order valence-corrected chi connectivity index (χ1v) is 7.86. The van der Waals surface area contributed by atoms with Gasteiger partial charge < -0.3 is 5.73 Å². The Balaban J connectivity index is 2.15. The van der Waals surface area contributed by atoms with Gasteiger partial charge in [-0.3, -0.25) is 0 Å². The van der Waals surface area contributed by atoms with Gasteiger partial charge in [-0.2, -0.15) is 0 Å². The van der Waals surface area contributed by atoms with E-state index in [4.69, 9.17) is 5.73 Å². The van der Waals surface area contributed by atoms with Gasteiger partial charge in [-0.05, 0) is 40.7 Å². The second kappa shape index (κ2) is 6.29. The van der Waals surface area contributed by atoms with Crippen molar-refractivity contribution in [3.63, 3.8) is 0 Å². The summed E-state index contributed by atoms with van der Waals surface area (Å²) in [5.41, 5.74) is 9.29. The van der Waals surface area contributed by atoms with Crippen molar-refractivity contribution in [3.05, 3.63) is 69.4 Å². The zero-order valence-electron chi connectivity index (χ0n) is 12.7. The Morgan fingerprint density at radius 3 is 2.24 bits per heavy atom. The number of halogens is 2. The van der Waals surface area contributed by atoms with Crippen molar-refractivity contribution in [1.82, 2.24) is 0 Å². The molecule has 2 aromatic rings. The smallest absolute Gasteiger partial charge is 0.127 e. The van der Waals surface area contributed by atoms with E-state index >= 15 is 0 Å². The van der Waals surface area contributed by atoms with Crippen LogP contribution in [0.4, 0.5) is 4.39 Å². The van der Waals surface area contributed by atoms with Crippen molar-refractivity contribution in [1.29, 1.82) is 0 Å². The van der Waals surface area contributed by atoms with E-state index in [0.717, 1.165) is 10.0 Å². The first-order chi connectivity index (χ1) is 9.77. The molecular formula is C18H21BrFN. The van der Waals surface area contributed by atoms with Gasteiger partial charge in [-0.25, -0.2) is 4.39 Å². The minimum Gasteiger partial charge on any atom is -0.324 e. The maximum Gasteiger partial charge on any atom is 0.127 e. The lowest BCUT2D eigenvalue weighted by molar-refractivity contribution is 0.586. The summed E-state index contributed by atoms with van der Waals surface area (Å²) in [7, 11) is 0. The molecule has 2 rings (SSSR count). The average Bonchev–Trinajstić information content (AvgIpc) is 2.41. The summed E-state index contributed by atoms with van der Waals surface area (Å²) in [5, 5.41) is 0. The van der Waals surface area contributed by atoms with Crippen LogP contribution >= 0.6 is 15.9 Å². The molecule has 0 bridgehead atoms. The van der Waals surface area contributed by atoms with E-state index in [9.17, 15) is 4.39 Å². The number of hydrogen-bond acceptors (Lipinski definition) is 1. The van der Waals surface area contributed by atoms with Crippen molar-refractivity contribution in [2.24, 2.45) is 5.73 Å². The van der Waals surface area contributed by atoms with Crippen LogP contribution in [0.5, 0.6) is 0 Å². The Hall–Kier alpha value is -1.19. The third kappa shape index (κ3) is 4.14. The predicted octanol–water partition coefficient (Wildman–Crippen LogP) is 5.13. The maximum absolute atomic E-state index is 13.9. The monoisotopic (exact) mass is 349 g/mol. The highest BCUT2D eigenvalue weighted by atomic mass is 79.9. The summed E-state index contributed by atoms with van der Waals surface area (Å²) in [5.74, 6) is -0.217. The van der Waals surface area contributed by atoms with E-state index in [0.29, 0.717) is 12.0 Å². The highest BCUT2D eigenvalue weighted by Crippen LogP contribution is 2.25. The lowest BCUT2D eigenvalue weighted by Crippen LogP contribution is -2.15. The van der Waals surface area contributed by atoms with Crippen molar-refractivity contribution in [3.8, 4) is 0 Å². The molecule has 0 radical (unpaired) electrons. The van der Waals surface area contributed by atoms with Crippen molar-refractivity contribution in [2.75, 3.05) is 0 Å². The largest absolute Gasteiger partial charge is 0.324 e. The molecule has 1 unspecified atom stereocenters. The van der Waals surface area contributed by atoms with Crippen LogP contribution in [0.3, 0.4) is 0 Å². The molecule has 0 aliphatic rings. The highest BCUT2D eigenvalue weighted by Gasteiger charge is 2.15. The van der Waals surface area contributed by atoms with Crippen molar-refractivity contribution in [2.45, 2.75) is 38.6 Å². The van der Waals surface area contributed by atoms with Crippen LogP contribution in [0, 0.1) is 5.82 Å². The number of rotatable bonds is 3. The van der Waals surface area contributed by atoms with Crippen LogP contribution in [0.25, 0.3) is 0 Å². The van der Waals surface area contributed by atoms with E-state index in [1.165, 1.54) is 11.6 Å². The second-order valence-corrected chi connectivity index (χ2v) is 7.33. The molecule has 0 saturated carbocycles. The molecule has 0 heterocycles. The van der Waals surface area contributed by atoms with E-state index in [1.54, 1.807) is 6.07 Å². The second-order valence-electron chi connectivity index (χ2n) is 6.42. The van der Waals surface area contributed by atoms with Gasteiger partial charge in [0.1, 0.15) is 5.82 Å². The predicted molar refractivity (Wildman–Crippen MR) is 89.9 cm³/mol. The van der Waals surface area contributed by atoms with Gasteiger partial charge in [0.2, 0.25) is 0 Å². The minimum atomic E-state index is -0.217. The van der Waals surface area contributed by atoms with Crippen LogP contribution in [0.1, 0.15) is 43.5 Å². The molecule has 1 nitrogen and oxygen atoms in total. The third-order valence-electron chi connectivity index (χ3n) is 3.66. The minimum absolute atomic E-state index is 0.125. The van der Waals surface area contributed by atoms with Crippen LogP contribution in [0.15, 0.2) is 46.9 Å². The zero-order chi connectivity index (χ0) is 15.6. The molecule has 1 atom stereocenters. The Morgan fingerprint density at radius 2 is 1.71 bits per heavy atom. The molecule has 0 aromatic heterocycles. The fourth-order valence-corrected chi connectivity index (χ4v) is 2.61. The number of nitrogens with two attached hydrogens (primary N) is 1. The molecule has 0 aliphatic heterocycles. The zero-order valence-corrected chi connectivity index (χ0v) is 14.2. The van der Waals surface area contributed by atoms with Gasteiger partial charge in [0, 0.05) is 10.5 Å². The van der Waals surface area contributed by atoms with Crippen LogP contribution in [-0.2, 0) is 11.8 Å². The topological polar surface area (TPSA) is 26.0 Å². The number of hydrogen-bond donors (Lipinski definition) is 1. The number of benzene rings is 2. The van der Waals surface area contributed by atoms with Gasteiger partial charge in [0.15, 0.2) is 0 Å². The molecule has 0 fully saturated rings. The molecule has 0 spiro atoms. The lowest BCUT2D eigenvalue weighted by Gasteiger charge is -2.20. The molecular weight excluding hydrogens is 329 g/mol. The lowest BCUT2D eigenvalue weighted by atomic mass is 9.86. The third-order valence-corrected chi connectivity index (χ3v) is 4.15. The SMILES string of the molecule is CC(C)(C)c1ccc(C(N)Cc2ccc(Br)cc2F)cc1. The maximum atomic E-state index is 13.9. The molecule has 0 aliphatic carbocycles.